The fourth-order valence-corrected chi connectivity index (χ4v) is 5.19. The van der Waals surface area contributed by atoms with E-state index < -0.39 is 0 Å². The zero-order chi connectivity index (χ0) is 22.6. The molecule has 1 saturated heterocycles. The number of anilines is 2. The highest BCUT2D eigenvalue weighted by Crippen LogP contribution is 2.27. The van der Waals surface area contributed by atoms with E-state index in [-0.39, 0.29) is 0 Å². The summed E-state index contributed by atoms with van der Waals surface area (Å²) < 4.78 is 5.56. The maximum Gasteiger partial charge on any atom is 0.247 e. The molecule has 2 aliphatic rings. The van der Waals surface area contributed by atoms with Gasteiger partial charge >= 0.3 is 0 Å². The molecule has 1 aromatic carbocycles. The number of hydrogen-bond acceptors (Lipinski definition) is 7. The predicted octanol–water partition coefficient (Wildman–Crippen LogP) is 2.68. The van der Waals surface area contributed by atoms with E-state index in [0.717, 1.165) is 24.5 Å². The number of aryl methyl sites for hydroxylation is 1. The molecule has 0 bridgehead atoms. The Kier molecular flexibility index (Phi) is 6.62. The molecule has 0 spiro atoms. The molecule has 0 amide bonds. The molecule has 33 heavy (non-hydrogen) atoms. The van der Waals surface area contributed by atoms with Gasteiger partial charge in [-0.3, -0.25) is 0 Å². The number of benzene rings is 1. The Morgan fingerprint density at radius 1 is 1.00 bits per heavy atom. The molecule has 2 fully saturated rings. The Morgan fingerprint density at radius 3 is 2.58 bits per heavy atom. The number of hydrogen-bond donors (Lipinski definition) is 2. The average molecular weight is 444 g/mol. The third kappa shape index (κ3) is 5.38. The van der Waals surface area contributed by atoms with Crippen molar-refractivity contribution in [2.75, 3.05) is 23.3 Å². The number of piperidine rings is 1. The molecular weight excluding hydrogens is 411 g/mol. The summed E-state index contributed by atoms with van der Waals surface area (Å²) in [7, 11) is 2.12. The standard InChI is InChI=1S/C25H33BN6O/c1-17-30-31-25(33-17)18-8-10-21(11-9-18)32-14-4-5-20(16-32)28-22-6-2-3-7-23(22)29-24-15-19(26)12-13-27-24/h8-13,15,20,22-23,28H,2-7,14,16,26H2,1H3,(H,27,29)/t20-,22+,23+/m0/s1. The van der Waals surface area contributed by atoms with Crippen molar-refractivity contribution in [2.45, 2.75) is 63.6 Å². The van der Waals surface area contributed by atoms with Gasteiger partial charge in [0.05, 0.1) is 0 Å². The lowest BCUT2D eigenvalue weighted by Gasteiger charge is -2.40. The maximum atomic E-state index is 5.56. The zero-order valence-corrected chi connectivity index (χ0v) is 19.6. The highest BCUT2D eigenvalue weighted by Gasteiger charge is 2.29. The largest absolute Gasteiger partial charge is 0.421 e. The number of aromatic nitrogens is 3. The second-order valence-corrected chi connectivity index (χ2v) is 9.49. The molecule has 5 rings (SSSR count). The van der Waals surface area contributed by atoms with Crippen LogP contribution in [0.4, 0.5) is 11.5 Å². The lowest BCUT2D eigenvalue weighted by atomic mass is 9.88. The lowest BCUT2D eigenvalue weighted by molar-refractivity contribution is 0.293. The zero-order valence-electron chi connectivity index (χ0n) is 19.6. The average Bonchev–Trinajstić information content (AvgIpc) is 3.27. The van der Waals surface area contributed by atoms with Gasteiger partial charge in [-0.15, -0.1) is 10.2 Å². The minimum atomic E-state index is 0.431. The summed E-state index contributed by atoms with van der Waals surface area (Å²) in [6.45, 7) is 3.94. The van der Waals surface area contributed by atoms with Crippen molar-refractivity contribution in [2.24, 2.45) is 0 Å². The molecule has 0 radical (unpaired) electrons. The van der Waals surface area contributed by atoms with E-state index in [1.54, 1.807) is 0 Å². The van der Waals surface area contributed by atoms with Crippen LogP contribution in [0.5, 0.6) is 0 Å². The molecule has 2 N–H and O–H groups in total. The van der Waals surface area contributed by atoms with Crippen LogP contribution in [0.25, 0.3) is 11.5 Å². The normalized spacial score (nSPS) is 23.4. The first kappa shape index (κ1) is 22.0. The summed E-state index contributed by atoms with van der Waals surface area (Å²) in [6, 6.07) is 14.1. The molecule has 3 atom stereocenters. The second-order valence-electron chi connectivity index (χ2n) is 9.49. The summed E-state index contributed by atoms with van der Waals surface area (Å²) >= 11 is 0. The van der Waals surface area contributed by atoms with Crippen LogP contribution in [0.2, 0.25) is 0 Å². The first-order chi connectivity index (χ1) is 16.1. The van der Waals surface area contributed by atoms with E-state index in [1.165, 1.54) is 49.7 Å². The van der Waals surface area contributed by atoms with Crippen molar-refractivity contribution < 1.29 is 4.42 Å². The van der Waals surface area contributed by atoms with E-state index in [2.05, 4.69) is 68.9 Å². The third-order valence-electron chi connectivity index (χ3n) is 6.89. The van der Waals surface area contributed by atoms with E-state index in [0.29, 0.717) is 29.9 Å². The molecule has 7 nitrogen and oxygen atoms in total. The van der Waals surface area contributed by atoms with Crippen LogP contribution < -0.4 is 21.0 Å². The van der Waals surface area contributed by atoms with Gasteiger partial charge in [0.15, 0.2) is 0 Å². The van der Waals surface area contributed by atoms with Crippen LogP contribution in [0.1, 0.15) is 44.4 Å². The molecule has 2 aromatic heterocycles. The van der Waals surface area contributed by atoms with Crippen LogP contribution in [-0.4, -0.2) is 54.2 Å². The topological polar surface area (TPSA) is 79.1 Å². The van der Waals surface area contributed by atoms with E-state index in [9.17, 15) is 0 Å². The summed E-state index contributed by atoms with van der Waals surface area (Å²) in [5.41, 5.74) is 3.46. The first-order valence-electron chi connectivity index (χ1n) is 12.2. The Balaban J connectivity index is 1.21. The van der Waals surface area contributed by atoms with Gasteiger partial charge in [0, 0.05) is 55.6 Å². The monoisotopic (exact) mass is 444 g/mol. The van der Waals surface area contributed by atoms with Crippen molar-refractivity contribution in [1.29, 1.82) is 0 Å². The fourth-order valence-electron chi connectivity index (χ4n) is 5.19. The van der Waals surface area contributed by atoms with Crippen LogP contribution in [0.3, 0.4) is 0 Å². The van der Waals surface area contributed by atoms with Crippen molar-refractivity contribution in [3.8, 4) is 11.5 Å². The van der Waals surface area contributed by atoms with E-state index >= 15 is 0 Å². The van der Waals surface area contributed by atoms with Crippen molar-refractivity contribution >= 4 is 24.8 Å². The van der Waals surface area contributed by atoms with Crippen molar-refractivity contribution in [3.05, 3.63) is 48.5 Å². The van der Waals surface area contributed by atoms with Gasteiger partial charge in [-0.2, -0.15) is 0 Å². The molecule has 1 aliphatic carbocycles. The molecule has 3 heterocycles. The molecule has 3 aromatic rings. The van der Waals surface area contributed by atoms with Crippen molar-refractivity contribution in [3.63, 3.8) is 0 Å². The predicted molar refractivity (Wildman–Crippen MR) is 135 cm³/mol. The third-order valence-corrected chi connectivity index (χ3v) is 6.89. The van der Waals surface area contributed by atoms with Crippen LogP contribution in [-0.2, 0) is 0 Å². The Hall–Kier alpha value is -2.87. The number of nitrogens with one attached hydrogen (secondary N) is 2. The smallest absolute Gasteiger partial charge is 0.247 e. The minimum absolute atomic E-state index is 0.431. The SMILES string of the molecule is Bc1ccnc(N[C@@H]2CCCC[C@H]2N[C@H]2CCCN(c3ccc(-c4nnc(C)o4)cc3)C2)c1. The summed E-state index contributed by atoms with van der Waals surface area (Å²) in [4.78, 5) is 7.03. The van der Waals surface area contributed by atoms with Gasteiger partial charge in [-0.05, 0) is 62.1 Å². The number of rotatable bonds is 6. The first-order valence-corrected chi connectivity index (χ1v) is 12.2. The second kappa shape index (κ2) is 9.95. The van der Waals surface area contributed by atoms with Crippen LogP contribution in [0, 0.1) is 6.92 Å². The van der Waals surface area contributed by atoms with E-state index in [4.69, 9.17) is 4.42 Å². The molecular formula is C25H33BN6O. The lowest BCUT2D eigenvalue weighted by Crippen LogP contribution is -2.55. The Labute approximate surface area is 196 Å². The van der Waals surface area contributed by atoms with Gasteiger partial charge in [0.25, 0.3) is 0 Å². The summed E-state index contributed by atoms with van der Waals surface area (Å²) in [5.74, 6) is 2.17. The number of nitrogens with zero attached hydrogens (tertiary/aromatic N) is 4. The van der Waals surface area contributed by atoms with Gasteiger partial charge in [-0.1, -0.05) is 18.3 Å². The van der Waals surface area contributed by atoms with Gasteiger partial charge < -0.3 is 20.0 Å². The molecule has 8 heteroatoms. The summed E-state index contributed by atoms with van der Waals surface area (Å²) in [5, 5.41) is 15.8. The maximum absolute atomic E-state index is 5.56. The molecule has 1 aliphatic heterocycles. The Bertz CT molecular complexity index is 1060. The van der Waals surface area contributed by atoms with Crippen LogP contribution >= 0.6 is 0 Å². The quantitative estimate of drug-likeness (QED) is 0.566. The number of pyridine rings is 1. The highest BCUT2D eigenvalue weighted by molar-refractivity contribution is 6.32. The van der Waals surface area contributed by atoms with Crippen LogP contribution in [0.15, 0.2) is 47.0 Å². The Morgan fingerprint density at radius 2 is 1.82 bits per heavy atom. The van der Waals surface area contributed by atoms with Crippen molar-refractivity contribution in [1.82, 2.24) is 20.5 Å². The highest BCUT2D eigenvalue weighted by atomic mass is 16.4. The molecule has 1 saturated carbocycles. The van der Waals surface area contributed by atoms with Gasteiger partial charge in [0.2, 0.25) is 11.8 Å². The molecule has 0 unspecified atom stereocenters. The van der Waals surface area contributed by atoms with Gasteiger partial charge in [-0.25, -0.2) is 4.98 Å². The van der Waals surface area contributed by atoms with Gasteiger partial charge in [0.1, 0.15) is 13.7 Å². The fraction of sp³-hybridized carbons (Fsp3) is 0.480. The molecule has 172 valence electrons. The van der Waals surface area contributed by atoms with E-state index in [1.807, 2.05) is 19.2 Å². The minimum Gasteiger partial charge on any atom is -0.421 e. The summed E-state index contributed by atoms with van der Waals surface area (Å²) in [6.07, 6.45) is 9.31.